The summed E-state index contributed by atoms with van der Waals surface area (Å²) in [6.45, 7) is 0. The summed E-state index contributed by atoms with van der Waals surface area (Å²) in [6, 6.07) is 34.9. The minimum Gasteiger partial charge on any atom is -0.325 e. The van der Waals surface area contributed by atoms with E-state index in [2.05, 4.69) is 16.0 Å². The fraction of sp³-hybridized carbons (Fsp3) is 0.0278. The third-order valence-electron chi connectivity index (χ3n) is 6.97. The number of nitrogens with two attached hydrogens (primary N) is 1. The average molecular weight is 732 g/mol. The molecule has 9 nitrogen and oxygen atoms in total. The lowest BCUT2D eigenvalue weighted by molar-refractivity contribution is -0.116. The number of hydrogen-bond acceptors (Lipinski definition) is 6. The molecule has 0 heterocycles. The lowest BCUT2D eigenvalue weighted by Gasteiger charge is -2.18. The Morgan fingerprint density at radius 1 is 0.694 bits per heavy atom. The number of rotatable bonds is 11. The van der Waals surface area contributed by atoms with Gasteiger partial charge in [0.25, 0.3) is 11.8 Å². The minimum absolute atomic E-state index is 0.0690. The van der Waals surface area contributed by atoms with Gasteiger partial charge in [-0.2, -0.15) is 0 Å². The van der Waals surface area contributed by atoms with E-state index in [1.54, 1.807) is 72.8 Å². The number of amides is 3. The molecule has 0 aliphatic carbocycles. The monoisotopic (exact) mass is 730 g/mol. The van der Waals surface area contributed by atoms with Crippen molar-refractivity contribution in [2.75, 3.05) is 10.6 Å². The molecule has 5 rings (SSSR count). The first-order valence-corrected chi connectivity index (χ1v) is 17.7. The Hall–Kier alpha value is -4.91. The number of carbonyl (C=O) groups is 3. The molecule has 0 saturated heterocycles. The minimum atomic E-state index is -3.87. The van der Waals surface area contributed by atoms with Crippen molar-refractivity contribution in [3.63, 3.8) is 0 Å². The summed E-state index contributed by atoms with van der Waals surface area (Å²) < 4.78 is 23.2. The van der Waals surface area contributed by atoms with E-state index in [1.807, 2.05) is 30.3 Å². The van der Waals surface area contributed by atoms with Crippen LogP contribution in [0, 0.1) is 0 Å². The fourth-order valence-electron chi connectivity index (χ4n) is 4.52. The van der Waals surface area contributed by atoms with E-state index in [-0.39, 0.29) is 16.5 Å². The van der Waals surface area contributed by atoms with Crippen LogP contribution in [0.4, 0.5) is 11.4 Å². The van der Waals surface area contributed by atoms with Crippen molar-refractivity contribution in [2.24, 2.45) is 5.14 Å². The second-order valence-electron chi connectivity index (χ2n) is 10.5. The van der Waals surface area contributed by atoms with E-state index in [9.17, 15) is 22.8 Å². The number of benzene rings is 5. The second-order valence-corrected chi connectivity index (χ2v) is 14.0. The smallest absolute Gasteiger partial charge is 0.272 e. The van der Waals surface area contributed by atoms with Crippen LogP contribution in [-0.4, -0.2) is 26.1 Å². The van der Waals surface area contributed by atoms with E-state index < -0.39 is 27.1 Å². The molecule has 0 aromatic heterocycles. The Morgan fingerprint density at radius 3 is 1.84 bits per heavy atom. The molecular formula is C36H28Cl2N4O5S2. The molecule has 248 valence electrons. The van der Waals surface area contributed by atoms with E-state index in [1.165, 1.54) is 42.1 Å². The molecule has 49 heavy (non-hydrogen) atoms. The largest absolute Gasteiger partial charge is 0.325 e. The van der Waals surface area contributed by atoms with Crippen molar-refractivity contribution in [1.82, 2.24) is 5.32 Å². The standard InChI is InChI=1S/C36H28Cl2N4O5S2/c37-30-12-7-13-31(38)29(30)22-32(42-34(43)24-10-5-2-6-11-24)35(44)40-25-14-18-27(19-15-25)48-33(23-8-3-1-4-9-23)36(45)41-26-16-20-28(21-17-26)49(39,46)47/h1-22,33H,(H,40,44)(H,41,45)(H,42,43)(H2,39,46,47)/b32-22-. The average Bonchev–Trinajstić information content (AvgIpc) is 3.09. The quantitative estimate of drug-likeness (QED) is 0.0817. The highest BCUT2D eigenvalue weighted by Crippen LogP contribution is 2.37. The molecule has 1 unspecified atom stereocenters. The van der Waals surface area contributed by atoms with Gasteiger partial charge in [0, 0.05) is 37.4 Å². The van der Waals surface area contributed by atoms with Gasteiger partial charge in [-0.25, -0.2) is 13.6 Å². The molecule has 0 radical (unpaired) electrons. The Labute approximate surface area is 297 Å². The highest BCUT2D eigenvalue weighted by Gasteiger charge is 2.23. The van der Waals surface area contributed by atoms with Gasteiger partial charge in [-0.1, -0.05) is 77.8 Å². The fourth-order valence-corrected chi connectivity index (χ4v) is 6.57. The summed E-state index contributed by atoms with van der Waals surface area (Å²) >= 11 is 14.0. The second kappa shape index (κ2) is 16.0. The first-order chi connectivity index (χ1) is 23.5. The van der Waals surface area contributed by atoms with Gasteiger partial charge in [0.05, 0.1) is 4.90 Å². The lowest BCUT2D eigenvalue weighted by Crippen LogP contribution is -2.30. The molecule has 5 aromatic rings. The van der Waals surface area contributed by atoms with Gasteiger partial charge in [0.15, 0.2) is 0 Å². The number of hydrogen-bond donors (Lipinski definition) is 4. The maximum atomic E-state index is 13.5. The van der Waals surface area contributed by atoms with Crippen LogP contribution in [-0.2, 0) is 19.6 Å². The summed E-state index contributed by atoms with van der Waals surface area (Å²) in [4.78, 5) is 40.7. The molecule has 0 fully saturated rings. The van der Waals surface area contributed by atoms with Crippen molar-refractivity contribution < 1.29 is 22.8 Å². The van der Waals surface area contributed by atoms with Gasteiger partial charge in [0.1, 0.15) is 10.9 Å². The van der Waals surface area contributed by atoms with Crippen LogP contribution in [0.2, 0.25) is 10.0 Å². The summed E-state index contributed by atoms with van der Waals surface area (Å²) in [5.74, 6) is -1.45. The van der Waals surface area contributed by atoms with Crippen LogP contribution >= 0.6 is 35.0 Å². The number of anilines is 2. The van der Waals surface area contributed by atoms with Crippen LogP contribution in [0.25, 0.3) is 6.08 Å². The first-order valence-electron chi connectivity index (χ1n) is 14.6. The third kappa shape index (κ3) is 9.59. The molecule has 5 N–H and O–H groups in total. The normalized spacial score (nSPS) is 12.1. The van der Waals surface area contributed by atoms with Crippen LogP contribution < -0.4 is 21.1 Å². The van der Waals surface area contributed by atoms with Crippen molar-refractivity contribution in [2.45, 2.75) is 15.0 Å². The van der Waals surface area contributed by atoms with Gasteiger partial charge < -0.3 is 16.0 Å². The van der Waals surface area contributed by atoms with Crippen molar-refractivity contribution >= 4 is 80.2 Å². The predicted molar refractivity (Wildman–Crippen MR) is 195 cm³/mol. The molecule has 0 aliphatic heterocycles. The first kappa shape index (κ1) is 35.4. The molecule has 1 atom stereocenters. The zero-order chi connectivity index (χ0) is 35.0. The molecule has 13 heteroatoms. The predicted octanol–water partition coefficient (Wildman–Crippen LogP) is 7.52. The summed E-state index contributed by atoms with van der Waals surface area (Å²) in [5, 5.41) is 13.4. The Balaban J connectivity index is 1.34. The molecule has 0 aliphatic rings. The highest BCUT2D eigenvalue weighted by atomic mass is 35.5. The Bertz CT molecular complexity index is 2090. The Morgan fingerprint density at radius 2 is 1.24 bits per heavy atom. The number of primary sulfonamides is 1. The highest BCUT2D eigenvalue weighted by molar-refractivity contribution is 8.00. The maximum absolute atomic E-state index is 13.5. The summed E-state index contributed by atoms with van der Waals surface area (Å²) in [5.41, 5.74) is 2.20. The van der Waals surface area contributed by atoms with Gasteiger partial charge in [-0.05, 0) is 84.4 Å². The van der Waals surface area contributed by atoms with Gasteiger partial charge in [0.2, 0.25) is 15.9 Å². The molecule has 5 aromatic carbocycles. The number of nitrogens with one attached hydrogen (secondary N) is 3. The zero-order valence-electron chi connectivity index (χ0n) is 25.5. The molecule has 0 saturated carbocycles. The van der Waals surface area contributed by atoms with Crippen molar-refractivity contribution in [3.05, 3.63) is 160 Å². The summed E-state index contributed by atoms with van der Waals surface area (Å²) in [6.07, 6.45) is 1.41. The number of sulfonamides is 1. The van der Waals surface area contributed by atoms with Crippen molar-refractivity contribution in [3.8, 4) is 0 Å². The number of carbonyl (C=O) groups excluding carboxylic acids is 3. The topological polar surface area (TPSA) is 147 Å². The van der Waals surface area contributed by atoms with E-state index in [4.69, 9.17) is 28.3 Å². The summed E-state index contributed by atoms with van der Waals surface area (Å²) in [7, 11) is -3.87. The molecule has 0 bridgehead atoms. The maximum Gasteiger partial charge on any atom is 0.272 e. The van der Waals surface area contributed by atoms with Gasteiger partial charge >= 0.3 is 0 Å². The van der Waals surface area contributed by atoms with Crippen LogP contribution in [0.5, 0.6) is 0 Å². The van der Waals surface area contributed by atoms with Crippen molar-refractivity contribution in [1.29, 1.82) is 0 Å². The zero-order valence-corrected chi connectivity index (χ0v) is 28.6. The molecule has 3 amide bonds. The lowest BCUT2D eigenvalue weighted by atomic mass is 10.1. The van der Waals surface area contributed by atoms with E-state index >= 15 is 0 Å². The SMILES string of the molecule is NS(=O)(=O)c1ccc(NC(=O)C(Sc2ccc(NC(=O)/C(=C/c3c(Cl)cccc3Cl)NC(=O)c3ccccc3)cc2)c2ccccc2)cc1. The van der Waals surface area contributed by atoms with Gasteiger partial charge in [-0.3, -0.25) is 14.4 Å². The number of halogens is 2. The molecular weight excluding hydrogens is 703 g/mol. The van der Waals surface area contributed by atoms with E-state index in [0.29, 0.717) is 32.5 Å². The van der Waals surface area contributed by atoms with E-state index in [0.717, 1.165) is 10.5 Å². The van der Waals surface area contributed by atoms with Gasteiger partial charge in [-0.15, -0.1) is 11.8 Å². The third-order valence-corrected chi connectivity index (χ3v) is 9.83. The van der Waals surface area contributed by atoms with Crippen LogP contribution in [0.15, 0.2) is 143 Å². The van der Waals surface area contributed by atoms with Crippen LogP contribution in [0.3, 0.4) is 0 Å². The number of thioether (sulfide) groups is 1. The Kier molecular flexibility index (Phi) is 11.6. The van der Waals surface area contributed by atoms with Crippen LogP contribution in [0.1, 0.15) is 26.7 Å². The molecule has 0 spiro atoms.